The van der Waals surface area contributed by atoms with Crippen LogP contribution >= 0.6 is 0 Å². The van der Waals surface area contributed by atoms with Crippen molar-refractivity contribution >= 4 is 0 Å². The third-order valence-corrected chi connectivity index (χ3v) is 2.90. The minimum Gasteiger partial charge on any atom is -0.493 e. The second-order valence-electron chi connectivity index (χ2n) is 4.34. The molecular weight excluding hydrogens is 240 g/mol. The van der Waals surface area contributed by atoms with Gasteiger partial charge >= 0.3 is 0 Å². The maximum atomic E-state index is 9.60. The molecule has 0 saturated carbocycles. The van der Waals surface area contributed by atoms with Gasteiger partial charge in [-0.15, -0.1) is 0 Å². The van der Waals surface area contributed by atoms with Crippen molar-refractivity contribution in [3.05, 3.63) is 41.7 Å². The molecule has 0 spiro atoms. The predicted molar refractivity (Wildman–Crippen MR) is 74.0 cm³/mol. The molecule has 1 aromatic carbocycles. The summed E-state index contributed by atoms with van der Waals surface area (Å²) in [5.41, 5.74) is 2.40. The number of hydrogen-bond donors (Lipinski definition) is 1. The van der Waals surface area contributed by atoms with Crippen molar-refractivity contribution in [2.24, 2.45) is 0 Å². The number of aliphatic hydroxyl groups is 1. The van der Waals surface area contributed by atoms with Crippen LogP contribution in [-0.4, -0.2) is 21.7 Å². The quantitative estimate of drug-likeness (QED) is 0.916. The molecule has 0 aliphatic carbocycles. The highest BCUT2D eigenvalue weighted by molar-refractivity contribution is 5.64. The Balaban J connectivity index is 2.45. The number of ether oxygens (including phenoxy) is 1. The van der Waals surface area contributed by atoms with E-state index in [9.17, 15) is 5.11 Å². The fraction of sp³-hybridized carbons (Fsp3) is 0.333. The molecule has 19 heavy (non-hydrogen) atoms. The summed E-state index contributed by atoms with van der Waals surface area (Å²) < 4.78 is 5.58. The van der Waals surface area contributed by atoms with Crippen molar-refractivity contribution in [1.82, 2.24) is 9.97 Å². The van der Waals surface area contributed by atoms with Crippen LogP contribution in [-0.2, 0) is 0 Å². The normalized spacial score (nSPS) is 12.2. The number of aromatic nitrogens is 2. The summed E-state index contributed by atoms with van der Waals surface area (Å²) in [4.78, 5) is 8.78. The lowest BCUT2D eigenvalue weighted by molar-refractivity contribution is 0.197. The molecule has 0 bridgehead atoms. The molecule has 2 aromatic rings. The molecule has 0 aliphatic heterocycles. The molecule has 0 amide bonds. The summed E-state index contributed by atoms with van der Waals surface area (Å²) >= 11 is 0. The van der Waals surface area contributed by atoms with Gasteiger partial charge in [-0.25, -0.2) is 9.97 Å². The van der Waals surface area contributed by atoms with Crippen LogP contribution in [0.1, 0.15) is 31.2 Å². The van der Waals surface area contributed by atoms with Gasteiger partial charge in [-0.3, -0.25) is 0 Å². The van der Waals surface area contributed by atoms with Crippen LogP contribution in [0.4, 0.5) is 0 Å². The predicted octanol–water partition coefficient (Wildman–Crippen LogP) is 2.90. The van der Waals surface area contributed by atoms with Crippen LogP contribution in [0.2, 0.25) is 0 Å². The SMILES string of the molecule is CCOc1ccccc1-c1ncc(C(C)O)c(C)n1. The van der Waals surface area contributed by atoms with Crippen LogP contribution in [0.3, 0.4) is 0 Å². The molecule has 0 fully saturated rings. The third kappa shape index (κ3) is 2.90. The van der Waals surface area contributed by atoms with Crippen molar-refractivity contribution < 1.29 is 9.84 Å². The minimum atomic E-state index is -0.559. The highest BCUT2D eigenvalue weighted by Gasteiger charge is 2.12. The van der Waals surface area contributed by atoms with Gasteiger partial charge in [-0.05, 0) is 32.9 Å². The van der Waals surface area contributed by atoms with Gasteiger partial charge in [-0.2, -0.15) is 0 Å². The van der Waals surface area contributed by atoms with E-state index in [0.717, 1.165) is 22.6 Å². The van der Waals surface area contributed by atoms with Crippen LogP contribution < -0.4 is 4.74 Å². The maximum Gasteiger partial charge on any atom is 0.163 e. The first-order valence-electron chi connectivity index (χ1n) is 6.37. The summed E-state index contributed by atoms with van der Waals surface area (Å²) in [6.45, 7) is 6.12. The number of nitrogens with zero attached hydrogens (tertiary/aromatic N) is 2. The van der Waals surface area contributed by atoms with E-state index in [1.807, 2.05) is 38.1 Å². The minimum absolute atomic E-state index is 0.559. The van der Waals surface area contributed by atoms with Crippen molar-refractivity contribution in [2.75, 3.05) is 6.61 Å². The number of benzene rings is 1. The Labute approximate surface area is 113 Å². The van der Waals surface area contributed by atoms with Gasteiger partial charge in [-0.1, -0.05) is 12.1 Å². The first-order chi connectivity index (χ1) is 9.13. The molecule has 0 radical (unpaired) electrons. The first kappa shape index (κ1) is 13.5. The first-order valence-corrected chi connectivity index (χ1v) is 6.37. The second-order valence-corrected chi connectivity index (χ2v) is 4.34. The Morgan fingerprint density at radius 3 is 2.68 bits per heavy atom. The van der Waals surface area contributed by atoms with Crippen LogP contribution in [0.5, 0.6) is 5.75 Å². The average Bonchev–Trinajstić information content (AvgIpc) is 2.39. The van der Waals surface area contributed by atoms with Gasteiger partial charge < -0.3 is 9.84 Å². The van der Waals surface area contributed by atoms with Gasteiger partial charge in [0.05, 0.1) is 18.3 Å². The van der Waals surface area contributed by atoms with E-state index in [1.165, 1.54) is 0 Å². The molecule has 4 nitrogen and oxygen atoms in total. The van der Waals surface area contributed by atoms with Crippen molar-refractivity contribution in [1.29, 1.82) is 0 Å². The smallest absolute Gasteiger partial charge is 0.163 e. The molecule has 1 aromatic heterocycles. The zero-order valence-corrected chi connectivity index (χ0v) is 11.4. The monoisotopic (exact) mass is 258 g/mol. The molecule has 4 heteroatoms. The number of para-hydroxylation sites is 1. The van der Waals surface area contributed by atoms with E-state index >= 15 is 0 Å². The Morgan fingerprint density at radius 2 is 2.05 bits per heavy atom. The van der Waals surface area contributed by atoms with E-state index in [4.69, 9.17) is 4.74 Å². The van der Waals surface area contributed by atoms with Gasteiger partial charge in [0, 0.05) is 17.5 Å². The summed E-state index contributed by atoms with van der Waals surface area (Å²) in [5, 5.41) is 9.60. The second kappa shape index (κ2) is 5.80. The average molecular weight is 258 g/mol. The van der Waals surface area contributed by atoms with E-state index in [1.54, 1.807) is 13.1 Å². The number of hydrogen-bond acceptors (Lipinski definition) is 4. The lowest BCUT2D eigenvalue weighted by atomic mass is 10.1. The van der Waals surface area contributed by atoms with Gasteiger partial charge in [0.15, 0.2) is 5.82 Å². The van der Waals surface area contributed by atoms with Crippen molar-refractivity contribution in [3.8, 4) is 17.1 Å². The maximum absolute atomic E-state index is 9.60. The third-order valence-electron chi connectivity index (χ3n) is 2.90. The summed E-state index contributed by atoms with van der Waals surface area (Å²) in [6.07, 6.45) is 1.11. The highest BCUT2D eigenvalue weighted by Crippen LogP contribution is 2.28. The van der Waals surface area contributed by atoms with Crippen molar-refractivity contribution in [2.45, 2.75) is 26.9 Å². The summed E-state index contributed by atoms with van der Waals surface area (Å²) in [5.74, 6) is 1.39. The summed E-state index contributed by atoms with van der Waals surface area (Å²) in [6, 6.07) is 7.69. The largest absolute Gasteiger partial charge is 0.493 e. The van der Waals surface area contributed by atoms with Crippen molar-refractivity contribution in [3.63, 3.8) is 0 Å². The summed E-state index contributed by atoms with van der Waals surface area (Å²) in [7, 11) is 0. The zero-order valence-electron chi connectivity index (χ0n) is 11.4. The Hall–Kier alpha value is -1.94. The van der Waals surface area contributed by atoms with E-state index in [-0.39, 0.29) is 0 Å². The standard InChI is InChI=1S/C15H18N2O2/c1-4-19-14-8-6-5-7-12(14)15-16-9-13(11(3)18)10(2)17-15/h5-9,11,18H,4H2,1-3H3. The Kier molecular flexibility index (Phi) is 4.12. The molecule has 1 N–H and O–H groups in total. The lowest BCUT2D eigenvalue weighted by Gasteiger charge is -2.11. The van der Waals surface area contributed by atoms with Gasteiger partial charge in [0.1, 0.15) is 5.75 Å². The fourth-order valence-corrected chi connectivity index (χ4v) is 1.95. The number of rotatable bonds is 4. The van der Waals surface area contributed by atoms with Crippen LogP contribution in [0, 0.1) is 6.92 Å². The Morgan fingerprint density at radius 1 is 1.32 bits per heavy atom. The molecule has 1 unspecified atom stereocenters. The Bertz CT molecular complexity index is 568. The van der Waals surface area contributed by atoms with Gasteiger partial charge in [0.2, 0.25) is 0 Å². The van der Waals surface area contributed by atoms with E-state index < -0.39 is 6.10 Å². The topological polar surface area (TPSA) is 55.2 Å². The number of aliphatic hydroxyl groups excluding tert-OH is 1. The van der Waals surface area contributed by atoms with E-state index in [0.29, 0.717) is 12.4 Å². The van der Waals surface area contributed by atoms with Crippen LogP contribution in [0.15, 0.2) is 30.5 Å². The van der Waals surface area contributed by atoms with E-state index in [2.05, 4.69) is 9.97 Å². The molecule has 100 valence electrons. The lowest BCUT2D eigenvalue weighted by Crippen LogP contribution is -2.02. The van der Waals surface area contributed by atoms with Gasteiger partial charge in [0.25, 0.3) is 0 Å². The molecular formula is C15H18N2O2. The molecule has 2 rings (SSSR count). The number of aryl methyl sites for hydroxylation is 1. The van der Waals surface area contributed by atoms with Crippen LogP contribution in [0.25, 0.3) is 11.4 Å². The molecule has 1 heterocycles. The highest BCUT2D eigenvalue weighted by atomic mass is 16.5. The molecule has 0 saturated heterocycles. The molecule has 0 aliphatic rings. The fourth-order valence-electron chi connectivity index (χ4n) is 1.95. The zero-order chi connectivity index (χ0) is 13.8. The molecule has 1 atom stereocenters.